The van der Waals surface area contributed by atoms with Crippen LogP contribution in [0.1, 0.15) is 6.92 Å². The van der Waals surface area contributed by atoms with Crippen molar-refractivity contribution >= 4 is 27.6 Å². The summed E-state index contributed by atoms with van der Waals surface area (Å²) in [5, 5.41) is 3.19. The number of para-hydroxylation sites is 1. The predicted molar refractivity (Wildman–Crippen MR) is 68.4 cm³/mol. The lowest BCUT2D eigenvalue weighted by Gasteiger charge is -2.06. The summed E-state index contributed by atoms with van der Waals surface area (Å²) in [5.74, 6) is -0.297. The van der Waals surface area contributed by atoms with Crippen LogP contribution >= 0.6 is 15.9 Å². The summed E-state index contributed by atoms with van der Waals surface area (Å²) in [4.78, 5) is 11.1. The van der Waals surface area contributed by atoms with E-state index >= 15 is 0 Å². The van der Waals surface area contributed by atoms with Crippen molar-refractivity contribution in [1.29, 1.82) is 0 Å². The molecular formula is C12H14BrNO2. The van der Waals surface area contributed by atoms with Crippen LogP contribution in [-0.4, -0.2) is 19.6 Å². The average molecular weight is 284 g/mol. The Kier molecular flexibility index (Phi) is 5.05. The summed E-state index contributed by atoms with van der Waals surface area (Å²) in [5.41, 5.74) is 1.60. The number of methoxy groups -OCH3 is 1. The lowest BCUT2D eigenvalue weighted by molar-refractivity contribution is -0.136. The fourth-order valence-corrected chi connectivity index (χ4v) is 1.59. The van der Waals surface area contributed by atoms with E-state index in [0.717, 1.165) is 10.2 Å². The van der Waals surface area contributed by atoms with Gasteiger partial charge in [0.2, 0.25) is 0 Å². The normalized spacial score (nSPS) is 11.1. The van der Waals surface area contributed by atoms with Gasteiger partial charge in [0.1, 0.15) is 0 Å². The van der Waals surface area contributed by atoms with Crippen molar-refractivity contribution in [3.8, 4) is 0 Å². The second-order valence-electron chi connectivity index (χ2n) is 3.24. The number of ether oxygens (including phenoxy) is 1. The number of nitrogens with one attached hydrogen (secondary N) is 1. The van der Waals surface area contributed by atoms with E-state index in [1.165, 1.54) is 7.11 Å². The SMILES string of the molecule is COC(=O)/C(C)=C/CNc1ccccc1Br. The molecule has 0 unspecified atom stereocenters. The van der Waals surface area contributed by atoms with Crippen LogP contribution in [0.15, 0.2) is 40.4 Å². The minimum atomic E-state index is -0.297. The van der Waals surface area contributed by atoms with E-state index in [4.69, 9.17) is 0 Å². The molecule has 0 bridgehead atoms. The molecule has 0 saturated heterocycles. The van der Waals surface area contributed by atoms with Crippen molar-refractivity contribution in [1.82, 2.24) is 0 Å². The lowest BCUT2D eigenvalue weighted by atomic mass is 10.2. The Morgan fingerprint density at radius 3 is 2.81 bits per heavy atom. The number of benzene rings is 1. The Balaban J connectivity index is 2.53. The number of carbonyl (C=O) groups excluding carboxylic acids is 1. The van der Waals surface area contributed by atoms with Gasteiger partial charge in [-0.05, 0) is 35.0 Å². The molecule has 0 aromatic heterocycles. The van der Waals surface area contributed by atoms with Gasteiger partial charge in [0, 0.05) is 22.3 Å². The summed E-state index contributed by atoms with van der Waals surface area (Å²) in [7, 11) is 1.38. The largest absolute Gasteiger partial charge is 0.466 e. The molecule has 1 aromatic rings. The highest BCUT2D eigenvalue weighted by atomic mass is 79.9. The highest BCUT2D eigenvalue weighted by Gasteiger charge is 2.01. The first kappa shape index (κ1) is 12.8. The third-order valence-corrected chi connectivity index (χ3v) is 2.77. The van der Waals surface area contributed by atoms with Gasteiger partial charge in [-0.2, -0.15) is 0 Å². The molecular weight excluding hydrogens is 270 g/mol. The maximum Gasteiger partial charge on any atom is 0.333 e. The van der Waals surface area contributed by atoms with E-state index in [2.05, 4.69) is 26.0 Å². The van der Waals surface area contributed by atoms with E-state index in [1.54, 1.807) is 13.0 Å². The van der Waals surface area contributed by atoms with Crippen molar-refractivity contribution < 1.29 is 9.53 Å². The van der Waals surface area contributed by atoms with Crippen LogP contribution < -0.4 is 5.32 Å². The van der Waals surface area contributed by atoms with E-state index in [1.807, 2.05) is 24.3 Å². The average Bonchev–Trinajstić information content (AvgIpc) is 2.30. The lowest BCUT2D eigenvalue weighted by Crippen LogP contribution is -2.05. The molecule has 1 aromatic carbocycles. The van der Waals surface area contributed by atoms with Gasteiger partial charge < -0.3 is 10.1 Å². The van der Waals surface area contributed by atoms with Crippen LogP contribution in [0.25, 0.3) is 0 Å². The zero-order valence-corrected chi connectivity index (χ0v) is 10.9. The second-order valence-corrected chi connectivity index (χ2v) is 4.09. The number of hydrogen-bond donors (Lipinski definition) is 1. The molecule has 4 heteroatoms. The first-order valence-corrected chi connectivity index (χ1v) is 5.68. The van der Waals surface area contributed by atoms with Crippen LogP contribution in [0.5, 0.6) is 0 Å². The van der Waals surface area contributed by atoms with Crippen LogP contribution in [0, 0.1) is 0 Å². The monoisotopic (exact) mass is 283 g/mol. The summed E-state index contributed by atoms with van der Waals surface area (Å²) in [6.45, 7) is 2.32. The van der Waals surface area contributed by atoms with Crippen LogP contribution in [0.3, 0.4) is 0 Å². The van der Waals surface area contributed by atoms with Gasteiger partial charge in [0.05, 0.1) is 7.11 Å². The van der Waals surface area contributed by atoms with E-state index in [0.29, 0.717) is 12.1 Å². The summed E-state index contributed by atoms with van der Waals surface area (Å²) in [6, 6.07) is 7.82. The van der Waals surface area contributed by atoms with E-state index < -0.39 is 0 Å². The fourth-order valence-electron chi connectivity index (χ4n) is 1.16. The second kappa shape index (κ2) is 6.33. The minimum absolute atomic E-state index is 0.297. The predicted octanol–water partition coefficient (Wildman–Crippen LogP) is 2.98. The Bertz CT molecular complexity index is 402. The van der Waals surface area contributed by atoms with Gasteiger partial charge in [-0.3, -0.25) is 0 Å². The highest BCUT2D eigenvalue weighted by Crippen LogP contribution is 2.20. The molecule has 1 N–H and O–H groups in total. The van der Waals surface area contributed by atoms with E-state index in [-0.39, 0.29) is 5.97 Å². The first-order valence-electron chi connectivity index (χ1n) is 4.88. The van der Waals surface area contributed by atoms with Gasteiger partial charge in [0.15, 0.2) is 0 Å². The quantitative estimate of drug-likeness (QED) is 0.682. The molecule has 0 aliphatic heterocycles. The van der Waals surface area contributed by atoms with Gasteiger partial charge in [-0.1, -0.05) is 18.2 Å². The zero-order valence-electron chi connectivity index (χ0n) is 9.29. The number of rotatable bonds is 4. The van der Waals surface area contributed by atoms with E-state index in [9.17, 15) is 4.79 Å². The topological polar surface area (TPSA) is 38.3 Å². The molecule has 3 nitrogen and oxygen atoms in total. The molecule has 0 aliphatic carbocycles. The molecule has 1 rings (SSSR count). The van der Waals surface area contributed by atoms with Crippen molar-refractivity contribution in [2.75, 3.05) is 19.0 Å². The third-order valence-electron chi connectivity index (χ3n) is 2.08. The molecule has 0 spiro atoms. The van der Waals surface area contributed by atoms with Gasteiger partial charge >= 0.3 is 5.97 Å². The van der Waals surface area contributed by atoms with Crippen molar-refractivity contribution in [3.05, 3.63) is 40.4 Å². The minimum Gasteiger partial charge on any atom is -0.466 e. The van der Waals surface area contributed by atoms with Crippen LogP contribution in [0.2, 0.25) is 0 Å². The number of hydrogen-bond acceptors (Lipinski definition) is 3. The molecule has 0 heterocycles. The summed E-state index contributed by atoms with van der Waals surface area (Å²) >= 11 is 3.43. The Morgan fingerprint density at radius 2 is 2.19 bits per heavy atom. The molecule has 86 valence electrons. The summed E-state index contributed by atoms with van der Waals surface area (Å²) in [6.07, 6.45) is 1.80. The van der Waals surface area contributed by atoms with Gasteiger partial charge in [-0.15, -0.1) is 0 Å². The summed E-state index contributed by atoms with van der Waals surface area (Å²) < 4.78 is 5.59. The Morgan fingerprint density at radius 1 is 1.50 bits per heavy atom. The Labute approximate surface area is 104 Å². The number of halogens is 1. The third kappa shape index (κ3) is 3.70. The van der Waals surface area contributed by atoms with Gasteiger partial charge in [0.25, 0.3) is 0 Å². The van der Waals surface area contributed by atoms with Crippen molar-refractivity contribution in [3.63, 3.8) is 0 Å². The molecule has 0 aliphatic rings. The molecule has 0 amide bonds. The number of esters is 1. The van der Waals surface area contributed by atoms with Gasteiger partial charge in [-0.25, -0.2) is 4.79 Å². The van der Waals surface area contributed by atoms with Crippen molar-refractivity contribution in [2.45, 2.75) is 6.92 Å². The van der Waals surface area contributed by atoms with Crippen molar-refractivity contribution in [2.24, 2.45) is 0 Å². The number of carbonyl (C=O) groups is 1. The standard InChI is InChI=1S/C12H14BrNO2/c1-9(12(15)16-2)7-8-14-11-6-4-3-5-10(11)13/h3-7,14H,8H2,1-2H3/b9-7+. The highest BCUT2D eigenvalue weighted by molar-refractivity contribution is 9.10. The van der Waals surface area contributed by atoms with Crippen LogP contribution in [0.4, 0.5) is 5.69 Å². The maximum atomic E-state index is 11.1. The fraction of sp³-hybridized carbons (Fsp3) is 0.250. The van der Waals surface area contributed by atoms with Crippen LogP contribution in [-0.2, 0) is 9.53 Å². The Hall–Kier alpha value is -1.29. The maximum absolute atomic E-state index is 11.1. The smallest absolute Gasteiger partial charge is 0.333 e. The molecule has 0 radical (unpaired) electrons. The number of anilines is 1. The molecule has 16 heavy (non-hydrogen) atoms. The first-order chi connectivity index (χ1) is 7.65. The molecule has 0 fully saturated rings. The zero-order chi connectivity index (χ0) is 12.0. The molecule has 0 atom stereocenters. The molecule has 0 saturated carbocycles.